The molecule has 84 valence electrons. The molecule has 1 aromatic heterocycles. The molecule has 2 N–H and O–H groups in total. The van der Waals surface area contributed by atoms with Gasteiger partial charge in [0.25, 0.3) is 0 Å². The lowest BCUT2D eigenvalue weighted by molar-refractivity contribution is -0.158. The summed E-state index contributed by atoms with van der Waals surface area (Å²) in [7, 11) is 0. The molecule has 1 amide bonds. The third-order valence-electron chi connectivity index (χ3n) is 1.51. The SMILES string of the molecule is O=C(O)NC(Cn1nccn1)C(F)(F)F. The van der Waals surface area contributed by atoms with Gasteiger partial charge in [0.15, 0.2) is 0 Å². The summed E-state index contributed by atoms with van der Waals surface area (Å²) in [5.74, 6) is 0. The molecule has 0 aliphatic rings. The molecule has 6 nitrogen and oxygen atoms in total. The Kier molecular flexibility index (Phi) is 3.12. The minimum Gasteiger partial charge on any atom is -0.465 e. The predicted molar refractivity (Wildman–Crippen MR) is 41.0 cm³/mol. The van der Waals surface area contributed by atoms with E-state index in [-0.39, 0.29) is 0 Å². The minimum absolute atomic E-state index is 0.692. The number of aromatic nitrogens is 3. The fourth-order valence-corrected chi connectivity index (χ4v) is 0.881. The predicted octanol–water partition coefficient (Wildman–Crippen LogP) is 0.477. The molecular formula is C6H7F3N4O2. The number of rotatable bonds is 3. The quantitative estimate of drug-likeness (QED) is 0.782. The highest BCUT2D eigenvalue weighted by Crippen LogP contribution is 2.20. The van der Waals surface area contributed by atoms with Gasteiger partial charge in [-0.05, 0) is 0 Å². The number of halogens is 3. The smallest absolute Gasteiger partial charge is 0.410 e. The summed E-state index contributed by atoms with van der Waals surface area (Å²) in [6.45, 7) is -0.692. The molecule has 0 saturated heterocycles. The Hall–Kier alpha value is -1.80. The van der Waals surface area contributed by atoms with Crippen molar-refractivity contribution in [2.75, 3.05) is 0 Å². The van der Waals surface area contributed by atoms with E-state index in [9.17, 15) is 18.0 Å². The molecule has 9 heteroatoms. The first-order valence-corrected chi connectivity index (χ1v) is 3.80. The number of alkyl halides is 3. The van der Waals surface area contributed by atoms with Crippen LogP contribution in [-0.2, 0) is 6.54 Å². The molecule has 0 fully saturated rings. The first-order chi connectivity index (χ1) is 6.89. The van der Waals surface area contributed by atoms with E-state index in [1.54, 1.807) is 0 Å². The van der Waals surface area contributed by atoms with Crippen molar-refractivity contribution in [3.63, 3.8) is 0 Å². The van der Waals surface area contributed by atoms with Crippen LogP contribution in [0, 0.1) is 0 Å². The number of nitrogens with one attached hydrogen (secondary N) is 1. The average Bonchev–Trinajstić information content (AvgIpc) is 2.53. The van der Waals surface area contributed by atoms with Crippen molar-refractivity contribution in [1.29, 1.82) is 0 Å². The summed E-state index contributed by atoms with van der Waals surface area (Å²) in [5, 5.41) is 16.5. The highest BCUT2D eigenvalue weighted by molar-refractivity contribution is 5.64. The van der Waals surface area contributed by atoms with Crippen molar-refractivity contribution < 1.29 is 23.1 Å². The van der Waals surface area contributed by atoms with Gasteiger partial charge in [-0.2, -0.15) is 28.2 Å². The van der Waals surface area contributed by atoms with Gasteiger partial charge in [-0.25, -0.2) is 4.79 Å². The van der Waals surface area contributed by atoms with Crippen LogP contribution >= 0.6 is 0 Å². The summed E-state index contributed by atoms with van der Waals surface area (Å²) < 4.78 is 36.8. The number of hydrogen-bond acceptors (Lipinski definition) is 3. The van der Waals surface area contributed by atoms with Crippen LogP contribution < -0.4 is 5.32 Å². The molecule has 1 heterocycles. The zero-order valence-electron chi connectivity index (χ0n) is 7.27. The first-order valence-electron chi connectivity index (χ1n) is 3.80. The van der Waals surface area contributed by atoms with Gasteiger partial charge in [0.05, 0.1) is 18.9 Å². The molecule has 1 atom stereocenters. The van der Waals surface area contributed by atoms with E-state index in [0.29, 0.717) is 0 Å². The zero-order valence-corrected chi connectivity index (χ0v) is 7.27. The highest BCUT2D eigenvalue weighted by atomic mass is 19.4. The van der Waals surface area contributed by atoms with Gasteiger partial charge in [0, 0.05) is 0 Å². The number of carboxylic acid groups (broad SMARTS) is 1. The Morgan fingerprint density at radius 1 is 1.47 bits per heavy atom. The van der Waals surface area contributed by atoms with Crippen LogP contribution in [0.15, 0.2) is 12.4 Å². The van der Waals surface area contributed by atoms with E-state index in [0.717, 1.165) is 4.80 Å². The third-order valence-corrected chi connectivity index (χ3v) is 1.51. The van der Waals surface area contributed by atoms with E-state index < -0.39 is 24.9 Å². The van der Waals surface area contributed by atoms with Crippen LogP contribution in [0.4, 0.5) is 18.0 Å². The van der Waals surface area contributed by atoms with E-state index in [2.05, 4.69) is 10.2 Å². The largest absolute Gasteiger partial charge is 0.465 e. The lowest BCUT2D eigenvalue weighted by Crippen LogP contribution is -2.47. The van der Waals surface area contributed by atoms with Gasteiger partial charge in [-0.3, -0.25) is 0 Å². The Morgan fingerprint density at radius 2 is 2.00 bits per heavy atom. The fourth-order valence-electron chi connectivity index (χ4n) is 0.881. The minimum atomic E-state index is -4.67. The maximum Gasteiger partial charge on any atom is 0.410 e. The fraction of sp³-hybridized carbons (Fsp3) is 0.500. The zero-order chi connectivity index (χ0) is 11.5. The summed E-state index contributed by atoms with van der Waals surface area (Å²) in [6, 6.07) is -2.22. The first kappa shape index (κ1) is 11.3. The van der Waals surface area contributed by atoms with Gasteiger partial charge in [0.1, 0.15) is 6.04 Å². The van der Waals surface area contributed by atoms with E-state index in [1.165, 1.54) is 17.7 Å². The number of amides is 1. The summed E-state index contributed by atoms with van der Waals surface area (Å²) in [4.78, 5) is 10.9. The molecule has 1 rings (SSSR count). The molecule has 0 aromatic carbocycles. The Morgan fingerprint density at radius 3 is 2.40 bits per heavy atom. The van der Waals surface area contributed by atoms with Crippen molar-refractivity contribution >= 4 is 6.09 Å². The van der Waals surface area contributed by atoms with Gasteiger partial charge in [0.2, 0.25) is 0 Å². The summed E-state index contributed by atoms with van der Waals surface area (Å²) in [5.41, 5.74) is 0. The van der Waals surface area contributed by atoms with Gasteiger partial charge in [-0.15, -0.1) is 0 Å². The molecule has 0 saturated carbocycles. The van der Waals surface area contributed by atoms with E-state index in [1.807, 2.05) is 0 Å². The highest BCUT2D eigenvalue weighted by Gasteiger charge is 2.41. The summed E-state index contributed by atoms with van der Waals surface area (Å²) in [6.07, 6.45) is -4.02. The number of carbonyl (C=O) groups is 1. The van der Waals surface area contributed by atoms with Gasteiger partial charge < -0.3 is 10.4 Å². The van der Waals surface area contributed by atoms with Crippen LogP contribution in [0.5, 0.6) is 0 Å². The molecule has 0 aliphatic heterocycles. The van der Waals surface area contributed by atoms with Crippen molar-refractivity contribution in [2.24, 2.45) is 0 Å². The standard InChI is InChI=1S/C6H7F3N4O2/c7-6(8,9)4(12-5(14)15)3-13-10-1-2-11-13/h1-2,4,12H,3H2,(H,14,15). The lowest BCUT2D eigenvalue weighted by Gasteiger charge is -2.19. The normalized spacial score (nSPS) is 13.5. The maximum absolute atomic E-state index is 12.3. The average molecular weight is 224 g/mol. The van der Waals surface area contributed by atoms with Crippen molar-refractivity contribution in [3.05, 3.63) is 12.4 Å². The maximum atomic E-state index is 12.3. The molecule has 0 bridgehead atoms. The lowest BCUT2D eigenvalue weighted by atomic mass is 10.3. The number of hydrogen-bond donors (Lipinski definition) is 2. The van der Waals surface area contributed by atoms with Crippen molar-refractivity contribution in [1.82, 2.24) is 20.3 Å². The van der Waals surface area contributed by atoms with Crippen LogP contribution in [-0.4, -0.2) is 38.4 Å². The second-order valence-corrected chi connectivity index (χ2v) is 2.63. The Labute approximate surface area is 81.7 Å². The molecule has 0 radical (unpaired) electrons. The van der Waals surface area contributed by atoms with Crippen LogP contribution in [0.2, 0.25) is 0 Å². The van der Waals surface area contributed by atoms with Crippen LogP contribution in [0.3, 0.4) is 0 Å². The Balaban J connectivity index is 2.69. The van der Waals surface area contributed by atoms with Crippen LogP contribution in [0.1, 0.15) is 0 Å². The van der Waals surface area contributed by atoms with E-state index >= 15 is 0 Å². The van der Waals surface area contributed by atoms with Crippen molar-refractivity contribution in [2.45, 2.75) is 18.8 Å². The van der Waals surface area contributed by atoms with Crippen molar-refractivity contribution in [3.8, 4) is 0 Å². The topological polar surface area (TPSA) is 80.0 Å². The second kappa shape index (κ2) is 4.15. The summed E-state index contributed by atoms with van der Waals surface area (Å²) >= 11 is 0. The molecule has 0 aliphatic carbocycles. The van der Waals surface area contributed by atoms with Gasteiger partial charge in [-0.1, -0.05) is 0 Å². The number of nitrogens with zero attached hydrogens (tertiary/aromatic N) is 3. The molecule has 1 aromatic rings. The monoisotopic (exact) mass is 224 g/mol. The Bertz CT molecular complexity index is 324. The molecule has 15 heavy (non-hydrogen) atoms. The van der Waals surface area contributed by atoms with Gasteiger partial charge >= 0.3 is 12.3 Å². The molecular weight excluding hydrogens is 217 g/mol. The molecule has 0 spiro atoms. The molecule has 1 unspecified atom stereocenters. The second-order valence-electron chi connectivity index (χ2n) is 2.63. The van der Waals surface area contributed by atoms with Crippen LogP contribution in [0.25, 0.3) is 0 Å². The van der Waals surface area contributed by atoms with E-state index in [4.69, 9.17) is 5.11 Å². The third kappa shape index (κ3) is 3.44.